The van der Waals surface area contributed by atoms with Crippen molar-refractivity contribution in [2.24, 2.45) is 5.92 Å². The van der Waals surface area contributed by atoms with Gasteiger partial charge in [-0.05, 0) is 62.7 Å². The molecule has 1 amide bonds. The van der Waals surface area contributed by atoms with Crippen molar-refractivity contribution >= 4 is 5.91 Å². The molecule has 1 aliphatic rings. The Balaban J connectivity index is 1.13. The van der Waals surface area contributed by atoms with Crippen LogP contribution in [-0.2, 0) is 17.9 Å². The number of aromatic nitrogens is 4. The lowest BCUT2D eigenvalue weighted by Gasteiger charge is -2.30. The van der Waals surface area contributed by atoms with E-state index in [0.717, 1.165) is 48.6 Å². The number of nitrogens with one attached hydrogen (secondary N) is 1. The van der Waals surface area contributed by atoms with Crippen LogP contribution in [0, 0.1) is 12.8 Å². The fraction of sp³-hybridized carbons (Fsp3) is 0.357. The average molecular weight is 517 g/mol. The van der Waals surface area contributed by atoms with Gasteiger partial charge in [0.15, 0.2) is 11.5 Å². The second-order valence-electron chi connectivity index (χ2n) is 9.32. The van der Waals surface area contributed by atoms with Crippen molar-refractivity contribution in [1.82, 2.24) is 29.9 Å². The van der Waals surface area contributed by atoms with Crippen LogP contribution in [0.4, 0.5) is 0 Å². The van der Waals surface area contributed by atoms with Crippen molar-refractivity contribution in [3.05, 3.63) is 72.1 Å². The van der Waals surface area contributed by atoms with E-state index in [4.69, 9.17) is 14.0 Å². The molecule has 0 atom stereocenters. The number of amides is 1. The summed E-state index contributed by atoms with van der Waals surface area (Å²) in [5.41, 5.74) is 2.88. The SMILES string of the molecule is COc1ccc(-c2noc(CN3CCC(C(=O)NCc4ccccc4-n4ccnc4C)CC3)n2)cc1OC. The zero-order valence-electron chi connectivity index (χ0n) is 21.9. The fourth-order valence-electron chi connectivity index (χ4n) is 4.81. The quantitative estimate of drug-likeness (QED) is 0.358. The molecule has 1 fully saturated rings. The highest BCUT2D eigenvalue weighted by Gasteiger charge is 2.26. The Labute approximate surface area is 221 Å². The van der Waals surface area contributed by atoms with Crippen molar-refractivity contribution < 1.29 is 18.8 Å². The third-order valence-corrected chi connectivity index (χ3v) is 6.96. The zero-order chi connectivity index (χ0) is 26.5. The molecule has 10 nitrogen and oxygen atoms in total. The first-order chi connectivity index (χ1) is 18.6. The largest absolute Gasteiger partial charge is 0.493 e. The van der Waals surface area contributed by atoms with Crippen molar-refractivity contribution in [3.8, 4) is 28.6 Å². The van der Waals surface area contributed by atoms with Crippen LogP contribution in [0.5, 0.6) is 11.5 Å². The predicted octanol–water partition coefficient (Wildman–Crippen LogP) is 3.78. The lowest BCUT2D eigenvalue weighted by molar-refractivity contribution is -0.126. The van der Waals surface area contributed by atoms with Gasteiger partial charge < -0.3 is 23.9 Å². The number of ether oxygens (including phenoxy) is 2. The maximum atomic E-state index is 13.0. The van der Waals surface area contributed by atoms with Crippen LogP contribution < -0.4 is 14.8 Å². The molecule has 10 heteroatoms. The number of likely N-dealkylation sites (tertiary alicyclic amines) is 1. The molecule has 38 heavy (non-hydrogen) atoms. The third-order valence-electron chi connectivity index (χ3n) is 6.96. The number of methoxy groups -OCH3 is 2. The molecule has 1 saturated heterocycles. The van der Waals surface area contributed by atoms with E-state index in [-0.39, 0.29) is 11.8 Å². The number of carbonyl (C=O) groups is 1. The van der Waals surface area contributed by atoms with Crippen molar-refractivity contribution in [2.45, 2.75) is 32.9 Å². The summed E-state index contributed by atoms with van der Waals surface area (Å²) in [4.78, 5) is 24.1. The van der Waals surface area contributed by atoms with E-state index in [1.165, 1.54) is 0 Å². The Hall–Kier alpha value is -4.18. The molecule has 0 bridgehead atoms. The molecule has 0 aliphatic carbocycles. The number of nitrogens with zero attached hydrogens (tertiary/aromatic N) is 5. The summed E-state index contributed by atoms with van der Waals surface area (Å²) in [5, 5.41) is 7.27. The Morgan fingerprint density at radius 2 is 1.89 bits per heavy atom. The molecule has 2 aromatic carbocycles. The van der Waals surface area contributed by atoms with E-state index in [9.17, 15) is 4.79 Å². The van der Waals surface area contributed by atoms with Gasteiger partial charge in [0.05, 0.1) is 26.5 Å². The second-order valence-corrected chi connectivity index (χ2v) is 9.32. The Kier molecular flexibility index (Phi) is 7.69. The minimum absolute atomic E-state index is 0.0154. The van der Waals surface area contributed by atoms with E-state index in [1.807, 2.05) is 60.2 Å². The van der Waals surface area contributed by atoms with Crippen LogP contribution in [0.15, 0.2) is 59.4 Å². The standard InChI is InChI=1S/C28H32N6O4/c1-19-29-12-15-34(19)23-7-5-4-6-22(23)17-30-28(35)20-10-13-33(14-11-20)18-26-31-27(32-38-26)21-8-9-24(36-2)25(16-21)37-3/h4-9,12,15-16,20H,10-11,13-14,17-18H2,1-3H3,(H,30,35). The first kappa shape index (κ1) is 25.5. The summed E-state index contributed by atoms with van der Waals surface area (Å²) in [6.45, 7) is 4.57. The molecule has 2 aromatic heterocycles. The van der Waals surface area contributed by atoms with Gasteiger partial charge in [-0.25, -0.2) is 4.98 Å². The zero-order valence-corrected chi connectivity index (χ0v) is 21.9. The highest BCUT2D eigenvalue weighted by Crippen LogP contribution is 2.31. The van der Waals surface area contributed by atoms with E-state index >= 15 is 0 Å². The summed E-state index contributed by atoms with van der Waals surface area (Å²) in [5.74, 6) is 3.29. The van der Waals surface area contributed by atoms with Gasteiger partial charge >= 0.3 is 0 Å². The summed E-state index contributed by atoms with van der Waals surface area (Å²) in [7, 11) is 3.19. The van der Waals surface area contributed by atoms with Gasteiger partial charge in [-0.3, -0.25) is 9.69 Å². The average Bonchev–Trinajstić information content (AvgIpc) is 3.60. The molecule has 198 valence electrons. The first-order valence-corrected chi connectivity index (χ1v) is 12.7. The highest BCUT2D eigenvalue weighted by atomic mass is 16.5. The number of hydrogen-bond donors (Lipinski definition) is 1. The van der Waals surface area contributed by atoms with E-state index in [0.29, 0.717) is 36.3 Å². The van der Waals surface area contributed by atoms with Crippen LogP contribution in [0.3, 0.4) is 0 Å². The van der Waals surface area contributed by atoms with E-state index in [2.05, 4.69) is 25.3 Å². The number of carbonyl (C=O) groups excluding carboxylic acids is 1. The highest BCUT2D eigenvalue weighted by molar-refractivity contribution is 5.78. The number of rotatable bonds is 9. The van der Waals surface area contributed by atoms with Gasteiger partial charge in [0, 0.05) is 30.4 Å². The molecule has 1 aliphatic heterocycles. The topological polar surface area (TPSA) is 108 Å². The number of imidazole rings is 1. The summed E-state index contributed by atoms with van der Waals surface area (Å²) < 4.78 is 18.2. The number of benzene rings is 2. The summed E-state index contributed by atoms with van der Waals surface area (Å²) in [6.07, 6.45) is 5.28. The molecular formula is C28H32N6O4. The lowest BCUT2D eigenvalue weighted by Crippen LogP contribution is -2.40. The van der Waals surface area contributed by atoms with Crippen molar-refractivity contribution in [1.29, 1.82) is 0 Å². The van der Waals surface area contributed by atoms with E-state index in [1.54, 1.807) is 20.4 Å². The third kappa shape index (κ3) is 5.55. The molecule has 0 saturated carbocycles. The van der Waals surface area contributed by atoms with Gasteiger partial charge in [-0.15, -0.1) is 0 Å². The van der Waals surface area contributed by atoms with Gasteiger partial charge in [0.1, 0.15) is 5.82 Å². The fourth-order valence-corrected chi connectivity index (χ4v) is 4.81. The van der Waals surface area contributed by atoms with Gasteiger partial charge in [0.2, 0.25) is 17.6 Å². The summed E-state index contributed by atoms with van der Waals surface area (Å²) >= 11 is 0. The monoisotopic (exact) mass is 516 g/mol. The van der Waals surface area contributed by atoms with Crippen LogP contribution in [0.25, 0.3) is 17.1 Å². The van der Waals surface area contributed by atoms with Gasteiger partial charge in [-0.2, -0.15) is 4.98 Å². The first-order valence-electron chi connectivity index (χ1n) is 12.7. The number of hydrogen-bond acceptors (Lipinski definition) is 8. The normalized spacial score (nSPS) is 14.4. The Morgan fingerprint density at radius 3 is 2.63 bits per heavy atom. The summed E-state index contributed by atoms with van der Waals surface area (Å²) in [6, 6.07) is 13.6. The maximum Gasteiger partial charge on any atom is 0.241 e. The lowest BCUT2D eigenvalue weighted by atomic mass is 9.96. The smallest absolute Gasteiger partial charge is 0.241 e. The Morgan fingerprint density at radius 1 is 1.11 bits per heavy atom. The number of aryl methyl sites for hydroxylation is 1. The number of para-hydroxylation sites is 1. The van der Waals surface area contributed by atoms with Crippen LogP contribution >= 0.6 is 0 Å². The van der Waals surface area contributed by atoms with Crippen LogP contribution in [0.2, 0.25) is 0 Å². The van der Waals surface area contributed by atoms with Crippen molar-refractivity contribution in [2.75, 3.05) is 27.3 Å². The molecule has 5 rings (SSSR count). The minimum atomic E-state index is -0.0154. The van der Waals surface area contributed by atoms with E-state index < -0.39 is 0 Å². The molecule has 0 radical (unpaired) electrons. The van der Waals surface area contributed by atoms with Gasteiger partial charge in [0.25, 0.3) is 0 Å². The number of piperidine rings is 1. The second kappa shape index (κ2) is 11.5. The molecule has 0 unspecified atom stereocenters. The van der Waals surface area contributed by atoms with Crippen LogP contribution in [-0.4, -0.2) is 57.8 Å². The van der Waals surface area contributed by atoms with Crippen LogP contribution in [0.1, 0.15) is 30.1 Å². The maximum absolute atomic E-state index is 13.0. The molecular weight excluding hydrogens is 484 g/mol. The predicted molar refractivity (Wildman–Crippen MR) is 141 cm³/mol. The molecule has 1 N–H and O–H groups in total. The van der Waals surface area contributed by atoms with Crippen molar-refractivity contribution in [3.63, 3.8) is 0 Å². The molecule has 4 aromatic rings. The minimum Gasteiger partial charge on any atom is -0.493 e. The van der Waals surface area contributed by atoms with Gasteiger partial charge in [-0.1, -0.05) is 23.4 Å². The Bertz CT molecular complexity index is 1390. The molecule has 3 heterocycles. The molecule has 0 spiro atoms.